The van der Waals surface area contributed by atoms with Crippen molar-refractivity contribution in [2.75, 3.05) is 13.2 Å². The van der Waals surface area contributed by atoms with Gasteiger partial charge in [0.1, 0.15) is 24.4 Å². The molecule has 1 heterocycles. The number of unbranched alkanes of at least 4 members (excludes halogenated alkanes) is 23. The lowest BCUT2D eigenvalue weighted by atomic mass is 9.99. The highest BCUT2D eigenvalue weighted by Crippen LogP contribution is 2.26. The lowest BCUT2D eigenvalue weighted by Crippen LogP contribution is -2.61. The van der Waals surface area contributed by atoms with Gasteiger partial charge in [0.05, 0.1) is 25.4 Å². The van der Waals surface area contributed by atoms with E-state index in [1.165, 1.54) is 77.0 Å². The summed E-state index contributed by atoms with van der Waals surface area (Å²) in [5, 5.41) is 57.0. The standard InChI is InChI=1S/C69H117NO10/c1-4-7-10-13-16-19-22-24-26-27-28-29-30-31-32-33-34-35-36-37-38-41-44-47-50-53-56-62(73)68(77)70-60(61(72)55-52-49-46-43-40-21-18-15-12-9-6-3)59-78-69-67(66(76)65(75)63(58-71)79-69)80-64(74)57-54-51-48-45-42-39-25-23-20-17-14-11-8-5-2/h7-8,10-11,16-17,19-20,24-26,28-29,31-32,39,52,55,60-63,65-67,69,71-73,75-76H,4-6,9,12-15,18,21-23,27,30,33-38,40-51,53-54,56-59H2,1-3H3,(H,70,77)/b10-7-,11-8+,19-16-,20-17+,26-24-,29-28-,32-31-,39-25+,55-52+. The minimum absolute atomic E-state index is 0.0928. The molecule has 1 rings (SSSR count). The van der Waals surface area contributed by atoms with E-state index in [4.69, 9.17) is 14.2 Å². The van der Waals surface area contributed by atoms with Crippen LogP contribution in [0, 0.1) is 0 Å². The third-order valence-electron chi connectivity index (χ3n) is 14.4. The molecule has 1 saturated heterocycles. The highest BCUT2D eigenvalue weighted by Gasteiger charge is 2.47. The van der Waals surface area contributed by atoms with Crippen LogP contribution >= 0.6 is 0 Å². The van der Waals surface area contributed by atoms with Crippen molar-refractivity contribution in [2.24, 2.45) is 0 Å². The number of carbonyl (C=O) groups is 2. The zero-order valence-electron chi connectivity index (χ0n) is 50.7. The molecule has 8 atom stereocenters. The van der Waals surface area contributed by atoms with Crippen LogP contribution in [0.5, 0.6) is 0 Å². The van der Waals surface area contributed by atoms with Crippen LogP contribution in [0.2, 0.25) is 0 Å². The number of aliphatic hydroxyl groups is 5. The quantitative estimate of drug-likeness (QED) is 0.0195. The van der Waals surface area contributed by atoms with E-state index in [2.05, 4.69) is 123 Å². The summed E-state index contributed by atoms with van der Waals surface area (Å²) >= 11 is 0. The van der Waals surface area contributed by atoms with Crippen LogP contribution in [0.25, 0.3) is 0 Å². The number of ether oxygens (including phenoxy) is 3. The summed E-state index contributed by atoms with van der Waals surface area (Å²) in [6, 6.07) is -1.04. The number of hydrogen-bond acceptors (Lipinski definition) is 10. The number of rotatable bonds is 53. The molecule has 0 saturated carbocycles. The van der Waals surface area contributed by atoms with Crippen molar-refractivity contribution in [3.63, 3.8) is 0 Å². The van der Waals surface area contributed by atoms with Gasteiger partial charge >= 0.3 is 5.97 Å². The Bertz CT molecular complexity index is 1710. The maximum Gasteiger partial charge on any atom is 0.306 e. The van der Waals surface area contributed by atoms with Gasteiger partial charge in [-0.05, 0) is 103 Å². The second-order valence-electron chi connectivity index (χ2n) is 21.7. The smallest absolute Gasteiger partial charge is 0.306 e. The molecule has 0 aromatic heterocycles. The van der Waals surface area contributed by atoms with E-state index in [0.717, 1.165) is 128 Å². The molecule has 1 amide bonds. The molecule has 8 unspecified atom stereocenters. The fourth-order valence-corrected chi connectivity index (χ4v) is 9.40. The first-order chi connectivity index (χ1) is 39.2. The maximum atomic E-state index is 13.4. The van der Waals surface area contributed by atoms with Crippen LogP contribution in [0.4, 0.5) is 0 Å². The first-order valence-corrected chi connectivity index (χ1v) is 32.2. The Balaban J connectivity index is 2.60. The topological polar surface area (TPSA) is 175 Å². The lowest BCUT2D eigenvalue weighted by molar-refractivity contribution is -0.305. The van der Waals surface area contributed by atoms with E-state index < -0.39 is 67.4 Å². The molecule has 80 heavy (non-hydrogen) atoms. The van der Waals surface area contributed by atoms with Crippen LogP contribution in [-0.4, -0.2) is 99.6 Å². The Kier molecular flexibility index (Phi) is 51.9. The molecule has 0 aromatic rings. The van der Waals surface area contributed by atoms with Gasteiger partial charge in [0.25, 0.3) is 0 Å². The van der Waals surface area contributed by atoms with E-state index in [9.17, 15) is 35.1 Å². The second kappa shape index (κ2) is 55.8. The third-order valence-corrected chi connectivity index (χ3v) is 14.4. The first-order valence-electron chi connectivity index (χ1n) is 32.2. The summed E-state index contributed by atoms with van der Waals surface area (Å²) in [6.45, 7) is 5.53. The molecule has 0 radical (unpaired) electrons. The van der Waals surface area contributed by atoms with Gasteiger partial charge in [-0.15, -0.1) is 0 Å². The van der Waals surface area contributed by atoms with Crippen molar-refractivity contribution < 1.29 is 49.3 Å². The number of amides is 1. The molecular formula is C69H117NO10. The van der Waals surface area contributed by atoms with Gasteiger partial charge in [0.15, 0.2) is 12.4 Å². The predicted octanol–water partition coefficient (Wildman–Crippen LogP) is 15.7. The maximum absolute atomic E-state index is 13.4. The van der Waals surface area contributed by atoms with Crippen LogP contribution in [0.15, 0.2) is 109 Å². The van der Waals surface area contributed by atoms with Gasteiger partial charge in [-0.2, -0.15) is 0 Å². The third kappa shape index (κ3) is 43.1. The van der Waals surface area contributed by atoms with Gasteiger partial charge in [-0.1, -0.05) is 252 Å². The van der Waals surface area contributed by atoms with E-state index in [1.807, 2.05) is 6.08 Å². The molecular weight excluding hydrogens is 1000 g/mol. The van der Waals surface area contributed by atoms with E-state index in [0.29, 0.717) is 12.8 Å². The fourth-order valence-electron chi connectivity index (χ4n) is 9.40. The minimum atomic E-state index is -1.63. The number of allylic oxidation sites excluding steroid dienone is 17. The first kappa shape index (κ1) is 74.3. The summed E-state index contributed by atoms with van der Waals surface area (Å²) in [4.78, 5) is 26.5. The number of esters is 1. The molecule has 0 bridgehead atoms. The highest BCUT2D eigenvalue weighted by molar-refractivity contribution is 5.80. The SMILES string of the molecule is CC/C=C\C/C=C\C/C=C\C/C=C\C/C=C\CCCCCCCCCCCCC(O)C(=O)NC(COC1OC(CO)C(O)C(O)C1OC(=O)CCCCCC/C=C/C/C=C/C/C=C/CC)C(O)/C=C/CCCCCCCCCCC. The van der Waals surface area contributed by atoms with Crippen molar-refractivity contribution in [1.82, 2.24) is 5.32 Å². The molecule has 0 aliphatic carbocycles. The normalized spacial score (nSPS) is 19.5. The van der Waals surface area contributed by atoms with E-state index >= 15 is 0 Å². The Hall–Kier alpha value is -3.68. The number of hydrogen-bond donors (Lipinski definition) is 6. The average molecular weight is 1120 g/mol. The molecule has 1 fully saturated rings. The van der Waals surface area contributed by atoms with Gasteiger partial charge in [-0.3, -0.25) is 9.59 Å². The Morgan fingerprint density at radius 2 is 0.900 bits per heavy atom. The molecule has 0 aromatic carbocycles. The van der Waals surface area contributed by atoms with Crippen LogP contribution < -0.4 is 5.32 Å². The summed E-state index contributed by atoms with van der Waals surface area (Å²) in [7, 11) is 0. The van der Waals surface area contributed by atoms with Gasteiger partial charge in [0, 0.05) is 6.42 Å². The summed E-state index contributed by atoms with van der Waals surface area (Å²) in [5.74, 6) is -1.23. The summed E-state index contributed by atoms with van der Waals surface area (Å²) in [5.41, 5.74) is 0. The molecule has 1 aliphatic heterocycles. The number of nitrogens with one attached hydrogen (secondary N) is 1. The zero-order chi connectivity index (χ0) is 58.2. The largest absolute Gasteiger partial charge is 0.454 e. The van der Waals surface area contributed by atoms with Crippen LogP contribution in [-0.2, 0) is 23.8 Å². The highest BCUT2D eigenvalue weighted by atomic mass is 16.7. The van der Waals surface area contributed by atoms with Crippen molar-refractivity contribution in [3.8, 4) is 0 Å². The Morgan fingerprint density at radius 1 is 0.500 bits per heavy atom. The molecule has 11 nitrogen and oxygen atoms in total. The molecule has 1 aliphatic rings. The van der Waals surface area contributed by atoms with Gasteiger partial charge in [0.2, 0.25) is 5.91 Å². The van der Waals surface area contributed by atoms with Crippen LogP contribution in [0.1, 0.15) is 252 Å². The fraction of sp³-hybridized carbons (Fsp3) is 0.710. The van der Waals surface area contributed by atoms with E-state index in [1.54, 1.807) is 6.08 Å². The molecule has 11 heteroatoms. The van der Waals surface area contributed by atoms with Gasteiger partial charge < -0.3 is 45.1 Å². The Morgan fingerprint density at radius 3 is 1.35 bits per heavy atom. The van der Waals surface area contributed by atoms with Crippen molar-refractivity contribution in [1.29, 1.82) is 0 Å². The van der Waals surface area contributed by atoms with Gasteiger partial charge in [-0.25, -0.2) is 0 Å². The molecule has 458 valence electrons. The predicted molar refractivity (Wildman–Crippen MR) is 333 cm³/mol. The van der Waals surface area contributed by atoms with Crippen molar-refractivity contribution >= 4 is 11.9 Å². The van der Waals surface area contributed by atoms with Crippen LogP contribution in [0.3, 0.4) is 0 Å². The summed E-state index contributed by atoms with van der Waals surface area (Å²) in [6.07, 6.45) is 65.6. The average Bonchev–Trinajstić information content (AvgIpc) is 3.46. The monoisotopic (exact) mass is 1120 g/mol. The van der Waals surface area contributed by atoms with Crippen molar-refractivity contribution in [2.45, 2.75) is 301 Å². The second-order valence-corrected chi connectivity index (χ2v) is 21.7. The summed E-state index contributed by atoms with van der Waals surface area (Å²) < 4.78 is 17.6. The molecule has 6 N–H and O–H groups in total. The molecule has 0 spiro atoms. The number of aliphatic hydroxyl groups excluding tert-OH is 5. The van der Waals surface area contributed by atoms with Crippen molar-refractivity contribution in [3.05, 3.63) is 109 Å². The lowest BCUT2D eigenvalue weighted by Gasteiger charge is -2.41. The number of carbonyl (C=O) groups excluding carboxylic acids is 2. The van der Waals surface area contributed by atoms with E-state index in [-0.39, 0.29) is 19.4 Å². The Labute approximate surface area is 488 Å². The minimum Gasteiger partial charge on any atom is -0.454 e. The zero-order valence-corrected chi connectivity index (χ0v) is 50.7.